The summed E-state index contributed by atoms with van der Waals surface area (Å²) in [5, 5.41) is 20.8. The fraction of sp³-hybridized carbons (Fsp3) is 0.600. The smallest absolute Gasteiger partial charge is 0.157 e. The van der Waals surface area contributed by atoms with Crippen LogP contribution in [0.3, 0.4) is 0 Å². The first-order valence-electron chi connectivity index (χ1n) is 3.51. The second-order valence-electron chi connectivity index (χ2n) is 2.05. The molecule has 72 valence electrons. The van der Waals surface area contributed by atoms with Gasteiger partial charge in [-0.2, -0.15) is 20.4 Å². The Morgan fingerprint density at radius 3 is 2.38 bits per heavy atom. The normalized spacial score (nSPS) is 15.5. The van der Waals surface area contributed by atoms with Crippen LogP contribution in [0.5, 0.6) is 0 Å². The van der Waals surface area contributed by atoms with E-state index in [1.54, 1.807) is 0 Å². The molecule has 0 bridgehead atoms. The van der Waals surface area contributed by atoms with Crippen molar-refractivity contribution in [2.75, 3.05) is 6.54 Å². The molecule has 0 saturated carbocycles. The summed E-state index contributed by atoms with van der Waals surface area (Å²) in [6.07, 6.45) is 2.29. The monoisotopic (exact) mass is 184 g/mol. The summed E-state index contributed by atoms with van der Waals surface area (Å²) in [6, 6.07) is -0.0760. The Morgan fingerprint density at radius 1 is 1.15 bits per heavy atom. The first-order valence-corrected chi connectivity index (χ1v) is 3.51. The Kier molecular flexibility index (Phi) is 7.06. The van der Waals surface area contributed by atoms with E-state index in [4.69, 9.17) is 11.7 Å². The van der Waals surface area contributed by atoms with Crippen LogP contribution in [-0.2, 0) is 0 Å². The standard InChI is InChI=1S/C5H12N8/c1-5(13-12-4-9-7)2-10-11-3-8-6/h3-5H,2,6-7H2,1H3. The van der Waals surface area contributed by atoms with Crippen LogP contribution < -0.4 is 11.7 Å². The average molecular weight is 184 g/mol. The summed E-state index contributed by atoms with van der Waals surface area (Å²) in [7, 11) is 0. The van der Waals surface area contributed by atoms with Crippen LogP contribution in [0.1, 0.15) is 6.92 Å². The molecule has 0 aliphatic rings. The lowest BCUT2D eigenvalue weighted by Gasteiger charge is -1.95. The molecule has 0 rings (SSSR count). The molecule has 0 spiro atoms. The van der Waals surface area contributed by atoms with E-state index >= 15 is 0 Å². The minimum atomic E-state index is -0.0760. The topological polar surface area (TPSA) is 126 Å². The maximum absolute atomic E-state index is 4.80. The summed E-state index contributed by atoms with van der Waals surface area (Å²) in [6.45, 7) is 2.24. The highest BCUT2D eigenvalue weighted by Gasteiger charge is 1.94. The number of azo groups is 2. The van der Waals surface area contributed by atoms with Crippen molar-refractivity contribution in [1.29, 1.82) is 0 Å². The Hall–Kier alpha value is -1.86. The molecule has 0 amide bonds. The second kappa shape index (κ2) is 8.24. The lowest BCUT2D eigenvalue weighted by atomic mass is 10.4. The largest absolute Gasteiger partial charge is 0.322 e. The molecule has 1 unspecified atom stereocenters. The molecule has 13 heavy (non-hydrogen) atoms. The minimum Gasteiger partial charge on any atom is -0.322 e. The molecular weight excluding hydrogens is 172 g/mol. The molecule has 0 fully saturated rings. The van der Waals surface area contributed by atoms with Crippen molar-refractivity contribution in [3.8, 4) is 0 Å². The Bertz CT molecular complexity index is 217. The molecule has 0 aromatic heterocycles. The maximum atomic E-state index is 4.80. The summed E-state index contributed by atoms with van der Waals surface area (Å²) >= 11 is 0. The Labute approximate surface area is 75.5 Å². The highest BCUT2D eigenvalue weighted by Crippen LogP contribution is 1.90. The molecule has 0 aliphatic carbocycles. The molecule has 0 radical (unpaired) electrons. The zero-order valence-electron chi connectivity index (χ0n) is 7.28. The summed E-state index contributed by atoms with van der Waals surface area (Å²) in [5.74, 6) is 9.58. The zero-order valence-corrected chi connectivity index (χ0v) is 7.28. The molecule has 8 nitrogen and oxygen atoms in total. The SMILES string of the molecule is CC(CN=NC=NN)N=NC=NN. The maximum Gasteiger partial charge on any atom is 0.157 e. The van der Waals surface area contributed by atoms with Gasteiger partial charge in [-0.1, -0.05) is 0 Å². The van der Waals surface area contributed by atoms with Crippen LogP contribution in [0.25, 0.3) is 0 Å². The van der Waals surface area contributed by atoms with Crippen LogP contribution in [0.2, 0.25) is 0 Å². The quantitative estimate of drug-likeness (QED) is 0.206. The van der Waals surface area contributed by atoms with E-state index in [1.165, 1.54) is 0 Å². The zero-order chi connectivity index (χ0) is 9.94. The van der Waals surface area contributed by atoms with E-state index in [0.29, 0.717) is 6.54 Å². The Morgan fingerprint density at radius 2 is 1.77 bits per heavy atom. The molecular formula is C5H12N8. The third kappa shape index (κ3) is 8.04. The fourth-order valence-electron chi connectivity index (χ4n) is 0.442. The van der Waals surface area contributed by atoms with Crippen LogP contribution in [0.15, 0.2) is 30.7 Å². The molecule has 4 N–H and O–H groups in total. The summed E-state index contributed by atoms with van der Waals surface area (Å²) in [5.41, 5.74) is 0. The lowest BCUT2D eigenvalue weighted by Crippen LogP contribution is -2.01. The van der Waals surface area contributed by atoms with Crippen molar-refractivity contribution in [3.63, 3.8) is 0 Å². The third-order valence-corrected chi connectivity index (χ3v) is 0.928. The molecule has 0 aliphatic heterocycles. The number of nitrogens with two attached hydrogens (primary N) is 2. The molecule has 0 saturated heterocycles. The number of hydrazone groups is 2. The molecule has 1 atom stereocenters. The third-order valence-electron chi connectivity index (χ3n) is 0.928. The van der Waals surface area contributed by atoms with Gasteiger partial charge in [-0.3, -0.25) is 0 Å². The van der Waals surface area contributed by atoms with Gasteiger partial charge in [0, 0.05) is 0 Å². The van der Waals surface area contributed by atoms with Crippen molar-refractivity contribution in [2.45, 2.75) is 13.0 Å². The van der Waals surface area contributed by atoms with Gasteiger partial charge < -0.3 is 11.7 Å². The van der Waals surface area contributed by atoms with Crippen LogP contribution in [0, 0.1) is 0 Å². The number of hydrogen-bond donors (Lipinski definition) is 2. The average Bonchev–Trinajstić information content (AvgIpc) is 2.13. The summed E-state index contributed by atoms with van der Waals surface area (Å²) < 4.78 is 0. The first-order chi connectivity index (χ1) is 6.31. The van der Waals surface area contributed by atoms with Crippen LogP contribution in [-0.4, -0.2) is 25.3 Å². The van der Waals surface area contributed by atoms with Crippen molar-refractivity contribution in [3.05, 3.63) is 0 Å². The van der Waals surface area contributed by atoms with Gasteiger partial charge in [0.2, 0.25) is 0 Å². The van der Waals surface area contributed by atoms with Gasteiger partial charge in [-0.25, -0.2) is 0 Å². The van der Waals surface area contributed by atoms with Crippen LogP contribution in [0.4, 0.5) is 0 Å². The van der Waals surface area contributed by atoms with Gasteiger partial charge in [0.25, 0.3) is 0 Å². The molecule has 0 heterocycles. The van der Waals surface area contributed by atoms with Crippen molar-refractivity contribution in [1.82, 2.24) is 0 Å². The molecule has 0 aromatic rings. The van der Waals surface area contributed by atoms with Crippen molar-refractivity contribution in [2.24, 2.45) is 42.3 Å². The highest BCUT2D eigenvalue weighted by molar-refractivity contribution is 5.53. The van der Waals surface area contributed by atoms with Gasteiger partial charge in [0.1, 0.15) is 0 Å². The van der Waals surface area contributed by atoms with Gasteiger partial charge in [-0.05, 0) is 6.92 Å². The van der Waals surface area contributed by atoms with E-state index in [0.717, 1.165) is 12.7 Å². The lowest BCUT2D eigenvalue weighted by molar-refractivity contribution is 0.703. The van der Waals surface area contributed by atoms with E-state index < -0.39 is 0 Å². The van der Waals surface area contributed by atoms with Crippen LogP contribution >= 0.6 is 0 Å². The van der Waals surface area contributed by atoms with Crippen molar-refractivity contribution < 1.29 is 0 Å². The van der Waals surface area contributed by atoms with Crippen molar-refractivity contribution >= 4 is 12.7 Å². The molecule has 8 heteroatoms. The fourth-order valence-corrected chi connectivity index (χ4v) is 0.442. The van der Waals surface area contributed by atoms with Gasteiger partial charge >= 0.3 is 0 Å². The van der Waals surface area contributed by atoms with E-state index in [-0.39, 0.29) is 6.04 Å². The Balaban J connectivity index is 3.67. The van der Waals surface area contributed by atoms with E-state index in [1.807, 2.05) is 6.92 Å². The van der Waals surface area contributed by atoms with Gasteiger partial charge in [0.05, 0.1) is 12.6 Å². The van der Waals surface area contributed by atoms with E-state index in [9.17, 15) is 0 Å². The highest BCUT2D eigenvalue weighted by atomic mass is 15.2. The number of nitrogens with zero attached hydrogens (tertiary/aromatic N) is 6. The first kappa shape index (κ1) is 11.1. The minimum absolute atomic E-state index is 0.0760. The van der Waals surface area contributed by atoms with E-state index in [2.05, 4.69) is 30.7 Å². The van der Waals surface area contributed by atoms with Gasteiger partial charge in [-0.15, -0.1) is 10.2 Å². The second-order valence-corrected chi connectivity index (χ2v) is 2.05. The summed E-state index contributed by atoms with van der Waals surface area (Å²) in [4.78, 5) is 0. The predicted molar refractivity (Wildman–Crippen MR) is 49.4 cm³/mol. The van der Waals surface area contributed by atoms with Gasteiger partial charge in [0.15, 0.2) is 12.7 Å². The number of hydrogen-bond acceptors (Lipinski definition) is 6. The molecule has 0 aromatic carbocycles. The number of rotatable bonds is 5. The predicted octanol–water partition coefficient (Wildman–Crippen LogP) is 0.0833.